The molecular weight excluding hydrogens is 192 g/mol. The maximum absolute atomic E-state index is 12.0. The Bertz CT molecular complexity index is 296. The van der Waals surface area contributed by atoms with Gasteiger partial charge in [0.05, 0.1) is 11.8 Å². The highest BCUT2D eigenvalue weighted by atomic mass is 16.5. The van der Waals surface area contributed by atoms with E-state index in [0.29, 0.717) is 5.56 Å². The van der Waals surface area contributed by atoms with Crippen molar-refractivity contribution >= 4 is 5.91 Å². The summed E-state index contributed by atoms with van der Waals surface area (Å²) in [6, 6.07) is 0.257. The molecule has 1 aromatic rings. The number of amides is 1. The number of hydrogen-bond acceptors (Lipinski definition) is 3. The number of aromatic nitrogens is 1. The van der Waals surface area contributed by atoms with Gasteiger partial charge in [0.15, 0.2) is 0 Å². The molecule has 1 rings (SSSR count). The van der Waals surface area contributed by atoms with Gasteiger partial charge in [-0.1, -0.05) is 19.0 Å². The Morgan fingerprint density at radius 1 is 1.60 bits per heavy atom. The second-order valence-electron chi connectivity index (χ2n) is 3.67. The van der Waals surface area contributed by atoms with E-state index in [1.165, 1.54) is 12.5 Å². The minimum atomic E-state index is 0.00690. The zero-order valence-electron chi connectivity index (χ0n) is 9.56. The minimum Gasteiger partial charge on any atom is -0.364 e. The molecule has 1 atom stereocenters. The Morgan fingerprint density at radius 2 is 2.33 bits per heavy atom. The molecule has 0 aromatic carbocycles. The summed E-state index contributed by atoms with van der Waals surface area (Å²) in [6.45, 7) is 6.98. The van der Waals surface area contributed by atoms with Gasteiger partial charge in [-0.25, -0.2) is 0 Å². The predicted molar refractivity (Wildman–Crippen MR) is 57.6 cm³/mol. The van der Waals surface area contributed by atoms with Gasteiger partial charge in [-0.2, -0.15) is 0 Å². The zero-order chi connectivity index (χ0) is 11.3. The van der Waals surface area contributed by atoms with Crippen LogP contribution >= 0.6 is 0 Å². The summed E-state index contributed by atoms with van der Waals surface area (Å²) in [6.07, 6.45) is 4.78. The fraction of sp³-hybridized carbons (Fsp3) is 0.636. The van der Waals surface area contributed by atoms with Crippen LogP contribution in [-0.2, 0) is 0 Å². The van der Waals surface area contributed by atoms with Crippen LogP contribution in [0.5, 0.6) is 0 Å². The van der Waals surface area contributed by atoms with Gasteiger partial charge >= 0.3 is 0 Å². The smallest absolute Gasteiger partial charge is 0.259 e. The van der Waals surface area contributed by atoms with E-state index in [1.54, 1.807) is 0 Å². The predicted octanol–water partition coefficient (Wildman–Crippen LogP) is 2.33. The molecule has 0 N–H and O–H groups in total. The monoisotopic (exact) mass is 210 g/mol. The molecule has 0 saturated heterocycles. The van der Waals surface area contributed by atoms with Crippen LogP contribution in [0.15, 0.2) is 17.0 Å². The van der Waals surface area contributed by atoms with E-state index < -0.39 is 0 Å². The molecule has 15 heavy (non-hydrogen) atoms. The Labute approximate surface area is 90.2 Å². The summed E-state index contributed by atoms with van der Waals surface area (Å²) in [7, 11) is 0. The van der Waals surface area contributed by atoms with Gasteiger partial charge in [-0.3, -0.25) is 4.79 Å². The molecule has 0 aliphatic rings. The molecule has 1 heterocycles. The molecule has 0 saturated carbocycles. The molecule has 4 nitrogen and oxygen atoms in total. The number of carbonyl (C=O) groups excluding carboxylic acids is 1. The Balaban J connectivity index is 2.76. The maximum Gasteiger partial charge on any atom is 0.259 e. The summed E-state index contributed by atoms with van der Waals surface area (Å²) >= 11 is 0. The highest BCUT2D eigenvalue weighted by Crippen LogP contribution is 2.10. The van der Waals surface area contributed by atoms with Crippen molar-refractivity contribution in [2.45, 2.75) is 39.7 Å². The number of carbonyl (C=O) groups is 1. The maximum atomic E-state index is 12.0. The lowest BCUT2D eigenvalue weighted by Gasteiger charge is -2.27. The molecule has 4 heteroatoms. The molecule has 1 unspecified atom stereocenters. The first-order chi connectivity index (χ1) is 7.20. The molecule has 0 fully saturated rings. The van der Waals surface area contributed by atoms with Crippen LogP contribution in [0, 0.1) is 0 Å². The second kappa shape index (κ2) is 5.53. The fourth-order valence-electron chi connectivity index (χ4n) is 1.46. The summed E-state index contributed by atoms with van der Waals surface area (Å²) in [5, 5.41) is 3.55. The number of rotatable bonds is 5. The van der Waals surface area contributed by atoms with E-state index in [-0.39, 0.29) is 11.9 Å². The molecule has 0 aliphatic carbocycles. The zero-order valence-corrected chi connectivity index (χ0v) is 9.56. The quantitative estimate of drug-likeness (QED) is 0.749. The van der Waals surface area contributed by atoms with E-state index in [2.05, 4.69) is 30.5 Å². The van der Waals surface area contributed by atoms with Crippen molar-refractivity contribution in [1.82, 2.24) is 10.1 Å². The summed E-state index contributed by atoms with van der Waals surface area (Å²) in [5.74, 6) is 0.00690. The normalized spacial score (nSPS) is 12.5. The Kier molecular flexibility index (Phi) is 4.34. The summed E-state index contributed by atoms with van der Waals surface area (Å²) < 4.78 is 4.68. The summed E-state index contributed by atoms with van der Waals surface area (Å²) in [4.78, 5) is 13.9. The lowest BCUT2D eigenvalue weighted by atomic mass is 10.2. The number of nitrogens with zero attached hydrogens (tertiary/aromatic N) is 2. The van der Waals surface area contributed by atoms with E-state index >= 15 is 0 Å². The summed E-state index contributed by atoms with van der Waals surface area (Å²) in [5.41, 5.74) is 0.531. The van der Waals surface area contributed by atoms with Gasteiger partial charge in [0.1, 0.15) is 6.26 Å². The van der Waals surface area contributed by atoms with Crippen LogP contribution in [0.3, 0.4) is 0 Å². The van der Waals surface area contributed by atoms with Crippen LogP contribution in [0.1, 0.15) is 44.0 Å². The first-order valence-electron chi connectivity index (χ1n) is 5.41. The molecule has 1 aromatic heterocycles. The van der Waals surface area contributed by atoms with Crippen molar-refractivity contribution in [1.29, 1.82) is 0 Å². The van der Waals surface area contributed by atoms with Crippen molar-refractivity contribution in [2.75, 3.05) is 6.54 Å². The first-order valence-corrected chi connectivity index (χ1v) is 5.41. The van der Waals surface area contributed by atoms with Crippen molar-refractivity contribution < 1.29 is 9.32 Å². The fourth-order valence-corrected chi connectivity index (χ4v) is 1.46. The highest BCUT2D eigenvalue weighted by Gasteiger charge is 2.20. The lowest BCUT2D eigenvalue weighted by molar-refractivity contribution is 0.0687. The third-order valence-corrected chi connectivity index (χ3v) is 2.53. The third-order valence-electron chi connectivity index (χ3n) is 2.53. The van der Waals surface area contributed by atoms with Crippen LogP contribution in [0.4, 0.5) is 0 Å². The number of hydrogen-bond donors (Lipinski definition) is 0. The van der Waals surface area contributed by atoms with Crippen molar-refractivity contribution in [3.05, 3.63) is 18.0 Å². The molecule has 84 valence electrons. The average molecular weight is 210 g/mol. The standard InChI is InChI=1S/C11H18N2O2/c1-4-6-13(9(3)5-2)11(14)10-7-12-15-8-10/h7-9H,4-6H2,1-3H3. The highest BCUT2D eigenvalue weighted by molar-refractivity contribution is 5.93. The molecule has 0 aliphatic heterocycles. The van der Waals surface area contributed by atoms with Crippen LogP contribution in [-0.4, -0.2) is 28.6 Å². The largest absolute Gasteiger partial charge is 0.364 e. The average Bonchev–Trinajstić information content (AvgIpc) is 2.77. The van der Waals surface area contributed by atoms with Crippen LogP contribution in [0.25, 0.3) is 0 Å². The topological polar surface area (TPSA) is 46.3 Å². The molecule has 0 spiro atoms. The van der Waals surface area contributed by atoms with Gasteiger partial charge in [-0.05, 0) is 19.8 Å². The van der Waals surface area contributed by atoms with Gasteiger partial charge in [0.2, 0.25) is 0 Å². The van der Waals surface area contributed by atoms with Gasteiger partial charge < -0.3 is 9.42 Å². The van der Waals surface area contributed by atoms with E-state index in [0.717, 1.165) is 19.4 Å². The molecule has 1 amide bonds. The van der Waals surface area contributed by atoms with Crippen molar-refractivity contribution in [3.8, 4) is 0 Å². The van der Waals surface area contributed by atoms with Gasteiger partial charge in [0, 0.05) is 12.6 Å². The van der Waals surface area contributed by atoms with E-state index in [1.807, 2.05) is 4.90 Å². The Hall–Kier alpha value is -1.32. The van der Waals surface area contributed by atoms with E-state index in [9.17, 15) is 4.79 Å². The van der Waals surface area contributed by atoms with Crippen LogP contribution < -0.4 is 0 Å². The van der Waals surface area contributed by atoms with Crippen LogP contribution in [0.2, 0.25) is 0 Å². The molecule has 0 bridgehead atoms. The second-order valence-corrected chi connectivity index (χ2v) is 3.67. The van der Waals surface area contributed by atoms with Crippen molar-refractivity contribution in [3.63, 3.8) is 0 Å². The lowest BCUT2D eigenvalue weighted by Crippen LogP contribution is -2.38. The first kappa shape index (κ1) is 11.8. The minimum absolute atomic E-state index is 0.00690. The molecular formula is C11H18N2O2. The van der Waals surface area contributed by atoms with Gasteiger partial charge in [-0.15, -0.1) is 0 Å². The van der Waals surface area contributed by atoms with Gasteiger partial charge in [0.25, 0.3) is 5.91 Å². The SMILES string of the molecule is CCCN(C(=O)c1cnoc1)C(C)CC. The third kappa shape index (κ3) is 2.81. The van der Waals surface area contributed by atoms with E-state index in [4.69, 9.17) is 0 Å². The Morgan fingerprint density at radius 3 is 2.80 bits per heavy atom. The van der Waals surface area contributed by atoms with Crippen molar-refractivity contribution in [2.24, 2.45) is 0 Å². The molecule has 0 radical (unpaired) electrons.